The molecule has 21 heavy (non-hydrogen) atoms. The summed E-state index contributed by atoms with van der Waals surface area (Å²) >= 11 is 0. The maximum absolute atomic E-state index is 12.4. The molecule has 108 valence electrons. The Morgan fingerprint density at radius 2 is 2.24 bits per heavy atom. The number of aromatic nitrogens is 4. The normalized spacial score (nSPS) is 18.5. The predicted molar refractivity (Wildman–Crippen MR) is 76.7 cm³/mol. The number of likely N-dealkylation sites (tertiary alicyclic amines) is 1. The summed E-state index contributed by atoms with van der Waals surface area (Å²) in [5.74, 6) is 0.976. The van der Waals surface area contributed by atoms with Crippen LogP contribution in [0.25, 0.3) is 0 Å². The van der Waals surface area contributed by atoms with Crippen molar-refractivity contribution in [2.24, 2.45) is 0 Å². The van der Waals surface area contributed by atoms with Gasteiger partial charge in [0.25, 0.3) is 5.91 Å². The van der Waals surface area contributed by atoms with Gasteiger partial charge < -0.3 is 4.90 Å². The van der Waals surface area contributed by atoms with Gasteiger partial charge in [0.15, 0.2) is 5.69 Å². The first-order valence-corrected chi connectivity index (χ1v) is 7.10. The van der Waals surface area contributed by atoms with Crippen LogP contribution >= 0.6 is 0 Å². The van der Waals surface area contributed by atoms with E-state index in [0.29, 0.717) is 12.2 Å². The molecule has 1 fully saturated rings. The van der Waals surface area contributed by atoms with Crippen LogP contribution < -0.4 is 0 Å². The van der Waals surface area contributed by atoms with Gasteiger partial charge in [-0.15, -0.1) is 5.10 Å². The molecule has 1 aliphatic rings. The summed E-state index contributed by atoms with van der Waals surface area (Å²) in [5, 5.41) is 7.67. The molecular formula is C15H17N5O. The second-order valence-electron chi connectivity index (χ2n) is 5.23. The first-order valence-electron chi connectivity index (χ1n) is 7.10. The largest absolute Gasteiger partial charge is 0.337 e. The molecule has 6 nitrogen and oxygen atoms in total. The molecule has 0 N–H and O–H groups in total. The minimum atomic E-state index is -0.0569. The number of hydrogen-bond donors (Lipinski definition) is 0. The van der Waals surface area contributed by atoms with Crippen LogP contribution in [0.3, 0.4) is 0 Å². The van der Waals surface area contributed by atoms with Crippen LogP contribution in [0, 0.1) is 6.92 Å². The van der Waals surface area contributed by atoms with E-state index in [1.165, 1.54) is 0 Å². The van der Waals surface area contributed by atoms with Gasteiger partial charge >= 0.3 is 0 Å². The monoisotopic (exact) mass is 283 g/mol. The fourth-order valence-corrected chi connectivity index (χ4v) is 2.68. The van der Waals surface area contributed by atoms with Crippen molar-refractivity contribution in [2.75, 3.05) is 13.1 Å². The Morgan fingerprint density at radius 3 is 3.00 bits per heavy atom. The second kappa shape index (κ2) is 5.95. The molecule has 1 atom stereocenters. The lowest BCUT2D eigenvalue weighted by molar-refractivity contribution is 0.0698. The van der Waals surface area contributed by atoms with Crippen LogP contribution in [0.1, 0.15) is 40.8 Å². The Balaban J connectivity index is 1.75. The summed E-state index contributed by atoms with van der Waals surface area (Å²) in [6.07, 6.45) is 5.36. The molecule has 2 aromatic rings. The van der Waals surface area contributed by atoms with Gasteiger partial charge in [-0.3, -0.25) is 4.79 Å². The van der Waals surface area contributed by atoms with Gasteiger partial charge in [-0.05, 0) is 38.0 Å². The number of amides is 1. The van der Waals surface area contributed by atoms with Gasteiger partial charge in [0.05, 0.1) is 0 Å². The van der Waals surface area contributed by atoms with E-state index in [-0.39, 0.29) is 11.8 Å². The first kappa shape index (κ1) is 13.6. The summed E-state index contributed by atoms with van der Waals surface area (Å²) in [7, 11) is 0. The molecule has 0 radical (unpaired) electrons. The van der Waals surface area contributed by atoms with Crippen molar-refractivity contribution in [3.63, 3.8) is 0 Å². The molecule has 6 heteroatoms. The highest BCUT2D eigenvalue weighted by atomic mass is 16.2. The SMILES string of the molecule is Cc1nccc([C@@H]2CCCN(C(=O)c3cccnn3)C2)n1. The minimum Gasteiger partial charge on any atom is -0.337 e. The van der Waals surface area contributed by atoms with Crippen molar-refractivity contribution in [3.8, 4) is 0 Å². The molecule has 0 saturated carbocycles. The Bertz CT molecular complexity index is 631. The summed E-state index contributed by atoms with van der Waals surface area (Å²) in [6, 6.07) is 5.37. The third-order valence-electron chi connectivity index (χ3n) is 3.72. The van der Waals surface area contributed by atoms with Crippen molar-refractivity contribution in [3.05, 3.63) is 47.8 Å². The number of rotatable bonds is 2. The Labute approximate surface area is 123 Å². The number of carbonyl (C=O) groups is 1. The quantitative estimate of drug-likeness (QED) is 0.837. The molecule has 0 aromatic carbocycles. The molecule has 1 amide bonds. The van der Waals surface area contributed by atoms with E-state index in [4.69, 9.17) is 0 Å². The van der Waals surface area contributed by atoms with Crippen molar-refractivity contribution in [2.45, 2.75) is 25.7 Å². The summed E-state index contributed by atoms with van der Waals surface area (Å²) in [6.45, 7) is 3.32. The molecule has 3 rings (SSSR count). The molecule has 2 aromatic heterocycles. The maximum Gasteiger partial charge on any atom is 0.274 e. The molecule has 1 saturated heterocycles. The number of piperidine rings is 1. The van der Waals surface area contributed by atoms with E-state index in [1.807, 2.05) is 17.9 Å². The Kier molecular flexibility index (Phi) is 3.85. The van der Waals surface area contributed by atoms with Crippen LogP contribution in [-0.2, 0) is 0 Å². The molecule has 0 aliphatic carbocycles. The third-order valence-corrected chi connectivity index (χ3v) is 3.72. The maximum atomic E-state index is 12.4. The topological polar surface area (TPSA) is 71.9 Å². The highest BCUT2D eigenvalue weighted by Gasteiger charge is 2.27. The van der Waals surface area contributed by atoms with E-state index in [9.17, 15) is 4.79 Å². The van der Waals surface area contributed by atoms with Gasteiger partial charge in [-0.25, -0.2) is 9.97 Å². The number of carbonyl (C=O) groups excluding carboxylic acids is 1. The molecule has 0 bridgehead atoms. The van der Waals surface area contributed by atoms with E-state index in [2.05, 4.69) is 20.2 Å². The summed E-state index contributed by atoms with van der Waals surface area (Å²) in [4.78, 5) is 22.9. The van der Waals surface area contributed by atoms with Crippen molar-refractivity contribution >= 4 is 5.91 Å². The molecule has 0 spiro atoms. The van der Waals surface area contributed by atoms with Crippen LogP contribution in [0.5, 0.6) is 0 Å². The number of nitrogens with zero attached hydrogens (tertiary/aromatic N) is 5. The van der Waals surface area contributed by atoms with E-state index >= 15 is 0 Å². The second-order valence-corrected chi connectivity index (χ2v) is 5.23. The lowest BCUT2D eigenvalue weighted by Gasteiger charge is -2.32. The zero-order valence-electron chi connectivity index (χ0n) is 11.9. The average molecular weight is 283 g/mol. The predicted octanol–water partition coefficient (Wildman–Crippen LogP) is 1.59. The van der Waals surface area contributed by atoms with Gasteiger partial charge in [-0.2, -0.15) is 5.10 Å². The van der Waals surface area contributed by atoms with Crippen LogP contribution in [-0.4, -0.2) is 44.1 Å². The van der Waals surface area contributed by atoms with E-state index in [1.54, 1.807) is 24.5 Å². The van der Waals surface area contributed by atoms with Crippen molar-refractivity contribution in [1.29, 1.82) is 0 Å². The highest BCUT2D eigenvalue weighted by molar-refractivity contribution is 5.92. The average Bonchev–Trinajstić information content (AvgIpc) is 2.55. The minimum absolute atomic E-state index is 0.0569. The fraction of sp³-hybridized carbons (Fsp3) is 0.400. The van der Waals surface area contributed by atoms with E-state index in [0.717, 1.165) is 30.9 Å². The summed E-state index contributed by atoms with van der Waals surface area (Å²) < 4.78 is 0. The van der Waals surface area contributed by atoms with Crippen LogP contribution in [0.2, 0.25) is 0 Å². The number of aryl methyl sites for hydroxylation is 1. The van der Waals surface area contributed by atoms with Gasteiger partial charge in [0.1, 0.15) is 5.82 Å². The standard InChI is InChI=1S/C15H17N5O/c1-11-16-8-6-13(18-11)12-4-3-9-20(10-12)15(21)14-5-2-7-17-19-14/h2,5-8,12H,3-4,9-10H2,1H3/t12-/m1/s1. The smallest absolute Gasteiger partial charge is 0.274 e. The lowest BCUT2D eigenvalue weighted by atomic mass is 9.94. The molecule has 3 heterocycles. The van der Waals surface area contributed by atoms with Gasteiger partial charge in [-0.1, -0.05) is 0 Å². The van der Waals surface area contributed by atoms with Crippen LogP contribution in [0.4, 0.5) is 0 Å². The molecule has 1 aliphatic heterocycles. The lowest BCUT2D eigenvalue weighted by Crippen LogP contribution is -2.39. The fourth-order valence-electron chi connectivity index (χ4n) is 2.68. The van der Waals surface area contributed by atoms with Gasteiger partial charge in [0, 0.05) is 37.1 Å². The Hall–Kier alpha value is -2.37. The van der Waals surface area contributed by atoms with Crippen LogP contribution in [0.15, 0.2) is 30.6 Å². The summed E-state index contributed by atoms with van der Waals surface area (Å²) in [5.41, 5.74) is 1.41. The zero-order valence-corrected chi connectivity index (χ0v) is 11.9. The third kappa shape index (κ3) is 3.04. The van der Waals surface area contributed by atoms with E-state index < -0.39 is 0 Å². The molecular weight excluding hydrogens is 266 g/mol. The van der Waals surface area contributed by atoms with Crippen molar-refractivity contribution in [1.82, 2.24) is 25.1 Å². The van der Waals surface area contributed by atoms with Gasteiger partial charge in [0.2, 0.25) is 0 Å². The molecule has 0 unspecified atom stereocenters. The van der Waals surface area contributed by atoms with Crippen molar-refractivity contribution < 1.29 is 4.79 Å². The number of hydrogen-bond acceptors (Lipinski definition) is 5. The highest BCUT2D eigenvalue weighted by Crippen LogP contribution is 2.26. The Morgan fingerprint density at radius 1 is 1.33 bits per heavy atom. The zero-order chi connectivity index (χ0) is 14.7. The first-order chi connectivity index (χ1) is 10.2.